The lowest BCUT2D eigenvalue weighted by Crippen LogP contribution is -2.54. The largest absolute Gasteiger partial charge is 0.444 e. The van der Waals surface area contributed by atoms with Crippen LogP contribution in [0.5, 0.6) is 0 Å². The number of ether oxygens (including phenoxy) is 1. The number of benzene rings is 2. The summed E-state index contributed by atoms with van der Waals surface area (Å²) in [7, 11) is 0. The van der Waals surface area contributed by atoms with Gasteiger partial charge in [0.2, 0.25) is 5.91 Å². The van der Waals surface area contributed by atoms with Crippen LogP contribution < -0.4 is 10.6 Å². The molecule has 0 radical (unpaired) electrons. The highest BCUT2D eigenvalue weighted by Crippen LogP contribution is 2.29. The summed E-state index contributed by atoms with van der Waals surface area (Å²) in [6.45, 7) is 18.7. The highest BCUT2D eigenvalue weighted by Gasteiger charge is 2.37. The maximum absolute atomic E-state index is 14.0. The number of hydrogen-bond donors (Lipinski definition) is 2. The van der Waals surface area contributed by atoms with Crippen molar-refractivity contribution < 1.29 is 19.1 Å². The quantitative estimate of drug-likeness (QED) is 0.417. The summed E-state index contributed by atoms with van der Waals surface area (Å²) in [5.74, 6) is -1.00. The SMILES string of the molecule is C=CCN(C(=O)C(NC(=O)OC(C)(C)C)C(C)C)C(C(=O)Nc1c(C)cccc1C)c1ccccc1C. The number of hydrogen-bond acceptors (Lipinski definition) is 4. The van der Waals surface area contributed by atoms with Gasteiger partial charge in [0.15, 0.2) is 0 Å². The predicted octanol–water partition coefficient (Wildman–Crippen LogP) is 5.86. The molecule has 2 rings (SSSR count). The number of amides is 3. The maximum Gasteiger partial charge on any atom is 0.408 e. The van der Waals surface area contributed by atoms with Crippen molar-refractivity contribution in [1.29, 1.82) is 0 Å². The zero-order valence-corrected chi connectivity index (χ0v) is 23.3. The van der Waals surface area contributed by atoms with Crippen molar-refractivity contribution in [3.05, 3.63) is 77.4 Å². The molecule has 0 aliphatic rings. The van der Waals surface area contributed by atoms with E-state index in [0.29, 0.717) is 11.3 Å². The Hall–Kier alpha value is -3.61. The van der Waals surface area contributed by atoms with Crippen molar-refractivity contribution in [1.82, 2.24) is 10.2 Å². The summed E-state index contributed by atoms with van der Waals surface area (Å²) in [6.07, 6.45) is 0.894. The van der Waals surface area contributed by atoms with Crippen molar-refractivity contribution in [2.75, 3.05) is 11.9 Å². The zero-order valence-electron chi connectivity index (χ0n) is 23.3. The first kappa shape index (κ1) is 29.6. The average Bonchev–Trinajstić information content (AvgIpc) is 2.79. The molecule has 3 amide bonds. The monoisotopic (exact) mass is 507 g/mol. The molecule has 2 N–H and O–H groups in total. The van der Waals surface area contributed by atoms with Gasteiger partial charge in [0.05, 0.1) is 0 Å². The number of para-hydroxylation sites is 1. The summed E-state index contributed by atoms with van der Waals surface area (Å²) in [4.78, 5) is 42.0. The Kier molecular flexibility index (Phi) is 10.1. The van der Waals surface area contributed by atoms with Crippen molar-refractivity contribution in [3.8, 4) is 0 Å². The average molecular weight is 508 g/mol. The molecule has 0 fully saturated rings. The molecule has 2 aromatic carbocycles. The molecule has 37 heavy (non-hydrogen) atoms. The van der Waals surface area contributed by atoms with Gasteiger partial charge >= 0.3 is 6.09 Å². The lowest BCUT2D eigenvalue weighted by molar-refractivity contribution is -0.141. The minimum Gasteiger partial charge on any atom is -0.444 e. The minimum absolute atomic E-state index is 0.108. The zero-order chi connectivity index (χ0) is 27.9. The Morgan fingerprint density at radius 1 is 0.973 bits per heavy atom. The molecule has 0 saturated carbocycles. The third-order valence-electron chi connectivity index (χ3n) is 5.99. The van der Waals surface area contributed by atoms with Gasteiger partial charge in [-0.05, 0) is 69.7 Å². The lowest BCUT2D eigenvalue weighted by atomic mass is 9.96. The summed E-state index contributed by atoms with van der Waals surface area (Å²) in [6, 6.07) is 11.4. The van der Waals surface area contributed by atoms with E-state index in [2.05, 4.69) is 17.2 Å². The molecule has 2 aromatic rings. The fraction of sp³-hybridized carbons (Fsp3) is 0.433. The van der Waals surface area contributed by atoms with E-state index in [0.717, 1.165) is 16.7 Å². The van der Waals surface area contributed by atoms with Gasteiger partial charge in [0.25, 0.3) is 5.91 Å². The second kappa shape index (κ2) is 12.6. The Bertz CT molecular complexity index is 1110. The normalized spacial score (nSPS) is 12.9. The Balaban J connectivity index is 2.55. The van der Waals surface area contributed by atoms with E-state index in [4.69, 9.17) is 4.74 Å². The molecular weight excluding hydrogens is 466 g/mol. The first-order valence-electron chi connectivity index (χ1n) is 12.6. The fourth-order valence-corrected chi connectivity index (χ4v) is 4.14. The van der Waals surface area contributed by atoms with Crippen LogP contribution in [-0.4, -0.2) is 41.0 Å². The summed E-state index contributed by atoms with van der Waals surface area (Å²) in [5.41, 5.74) is 3.40. The third kappa shape index (κ3) is 7.94. The van der Waals surface area contributed by atoms with Crippen LogP contribution in [0, 0.1) is 26.7 Å². The van der Waals surface area contributed by atoms with Crippen LogP contribution in [0.4, 0.5) is 10.5 Å². The molecule has 0 aromatic heterocycles. The van der Waals surface area contributed by atoms with E-state index >= 15 is 0 Å². The van der Waals surface area contributed by atoms with E-state index in [1.54, 1.807) is 26.8 Å². The third-order valence-corrected chi connectivity index (χ3v) is 5.99. The summed E-state index contributed by atoms with van der Waals surface area (Å²) >= 11 is 0. The summed E-state index contributed by atoms with van der Waals surface area (Å²) in [5, 5.41) is 5.78. The molecule has 2 unspecified atom stereocenters. The first-order valence-corrected chi connectivity index (χ1v) is 12.6. The number of rotatable bonds is 9. The molecule has 200 valence electrons. The molecule has 7 heteroatoms. The number of nitrogens with zero attached hydrogens (tertiary/aromatic N) is 1. The van der Waals surface area contributed by atoms with Crippen LogP contribution in [0.25, 0.3) is 0 Å². The standard InChI is InChI=1S/C30H41N3O4/c1-10-18-33(28(35)24(19(2)3)32-29(36)37-30(7,8)9)26(23-17-12-11-14-20(23)4)27(34)31-25-21(5)15-13-16-22(25)6/h10-17,19,24,26H,1,18H2,2-9H3,(H,31,34)(H,32,36). The van der Waals surface area contributed by atoms with Gasteiger partial charge in [-0.2, -0.15) is 0 Å². The molecule has 2 atom stereocenters. The van der Waals surface area contributed by atoms with E-state index in [1.165, 1.54) is 4.90 Å². The van der Waals surface area contributed by atoms with Crippen LogP contribution in [-0.2, 0) is 14.3 Å². The molecular formula is C30H41N3O4. The Labute approximate surface area is 221 Å². The van der Waals surface area contributed by atoms with Crippen molar-refractivity contribution >= 4 is 23.6 Å². The number of carbonyl (C=O) groups excluding carboxylic acids is 3. The van der Waals surface area contributed by atoms with E-state index in [-0.39, 0.29) is 18.4 Å². The van der Waals surface area contributed by atoms with Crippen LogP contribution >= 0.6 is 0 Å². The van der Waals surface area contributed by atoms with Crippen molar-refractivity contribution in [2.24, 2.45) is 5.92 Å². The second-order valence-electron chi connectivity index (χ2n) is 10.7. The minimum atomic E-state index is -0.951. The van der Waals surface area contributed by atoms with Gasteiger partial charge in [0, 0.05) is 12.2 Å². The molecule has 0 saturated heterocycles. The highest BCUT2D eigenvalue weighted by atomic mass is 16.6. The van der Waals surface area contributed by atoms with Gasteiger partial charge in [-0.25, -0.2) is 4.79 Å². The maximum atomic E-state index is 14.0. The molecule has 7 nitrogen and oxygen atoms in total. The van der Waals surface area contributed by atoms with Gasteiger partial charge in [-0.1, -0.05) is 62.4 Å². The van der Waals surface area contributed by atoms with Crippen LogP contribution in [0.2, 0.25) is 0 Å². The highest BCUT2D eigenvalue weighted by molar-refractivity contribution is 6.00. The number of alkyl carbamates (subject to hydrolysis) is 1. The van der Waals surface area contributed by atoms with E-state index < -0.39 is 29.7 Å². The van der Waals surface area contributed by atoms with Gasteiger partial charge in [0.1, 0.15) is 17.7 Å². The Morgan fingerprint density at radius 2 is 1.54 bits per heavy atom. The number of aryl methyl sites for hydroxylation is 3. The molecule has 0 bridgehead atoms. The Morgan fingerprint density at radius 3 is 2.05 bits per heavy atom. The molecule has 0 heterocycles. The summed E-state index contributed by atoms with van der Waals surface area (Å²) < 4.78 is 5.41. The number of nitrogens with one attached hydrogen (secondary N) is 2. The topological polar surface area (TPSA) is 87.7 Å². The molecule has 0 aliphatic heterocycles. The molecule has 0 aliphatic carbocycles. The smallest absolute Gasteiger partial charge is 0.408 e. The number of carbonyl (C=O) groups is 3. The van der Waals surface area contributed by atoms with Crippen LogP contribution in [0.3, 0.4) is 0 Å². The van der Waals surface area contributed by atoms with Crippen LogP contribution in [0.1, 0.15) is 62.9 Å². The van der Waals surface area contributed by atoms with E-state index in [9.17, 15) is 14.4 Å². The lowest BCUT2D eigenvalue weighted by Gasteiger charge is -2.35. The first-order chi connectivity index (χ1) is 17.3. The van der Waals surface area contributed by atoms with Crippen LogP contribution in [0.15, 0.2) is 55.1 Å². The van der Waals surface area contributed by atoms with Crippen molar-refractivity contribution in [3.63, 3.8) is 0 Å². The van der Waals surface area contributed by atoms with Gasteiger partial charge in [-0.3, -0.25) is 9.59 Å². The van der Waals surface area contributed by atoms with Gasteiger partial charge < -0.3 is 20.3 Å². The fourth-order valence-electron chi connectivity index (χ4n) is 4.14. The molecule has 0 spiro atoms. The number of anilines is 1. The second-order valence-corrected chi connectivity index (χ2v) is 10.7. The van der Waals surface area contributed by atoms with Crippen molar-refractivity contribution in [2.45, 2.75) is 73.1 Å². The van der Waals surface area contributed by atoms with Gasteiger partial charge in [-0.15, -0.1) is 6.58 Å². The predicted molar refractivity (Wildman–Crippen MR) is 148 cm³/mol. The van der Waals surface area contributed by atoms with E-state index in [1.807, 2.05) is 77.1 Å².